The minimum absolute atomic E-state index is 0.201. The van der Waals surface area contributed by atoms with E-state index in [1.807, 2.05) is 36.5 Å². The Morgan fingerprint density at radius 1 is 1.19 bits per heavy atom. The van der Waals surface area contributed by atoms with Crippen LogP contribution in [0.15, 0.2) is 69.7 Å². The summed E-state index contributed by atoms with van der Waals surface area (Å²) in [6, 6.07) is 12.4. The summed E-state index contributed by atoms with van der Waals surface area (Å²) in [5.74, 6) is 0.565. The molecule has 3 heterocycles. The Morgan fingerprint density at radius 3 is 2.75 bits per heavy atom. The van der Waals surface area contributed by atoms with Gasteiger partial charge in [-0.25, -0.2) is 9.79 Å². The highest BCUT2D eigenvalue weighted by molar-refractivity contribution is 7.07. The second-order valence-electron chi connectivity index (χ2n) is 8.20. The lowest BCUT2D eigenvalue weighted by molar-refractivity contribution is -0.139. The standard InChI is InChI=1S/C27H25N3O5S/c1-5-35-26(32)23-15(2)29-27-30(24(23)19-11-10-17(33-3)13-21(19)34-4)25(31)22(36-27)12-16-14-28-20-9-7-6-8-18(16)20/h6-14,24,28H,5H2,1-4H3/b22-12+/t24-/m1/s1. The first-order valence-electron chi connectivity index (χ1n) is 11.4. The van der Waals surface area contributed by atoms with Crippen LogP contribution in [-0.4, -0.2) is 36.3 Å². The summed E-state index contributed by atoms with van der Waals surface area (Å²) in [5, 5.41) is 1.01. The molecule has 184 valence electrons. The number of rotatable bonds is 6. The van der Waals surface area contributed by atoms with Crippen molar-refractivity contribution in [2.24, 2.45) is 4.99 Å². The van der Waals surface area contributed by atoms with Crippen molar-refractivity contribution in [2.45, 2.75) is 19.9 Å². The molecule has 1 atom stereocenters. The van der Waals surface area contributed by atoms with Crippen LogP contribution >= 0.6 is 11.3 Å². The smallest absolute Gasteiger partial charge is 0.338 e. The number of carbonyl (C=O) groups excluding carboxylic acids is 1. The van der Waals surface area contributed by atoms with Crippen molar-refractivity contribution >= 4 is 34.3 Å². The third-order valence-corrected chi connectivity index (χ3v) is 7.14. The summed E-state index contributed by atoms with van der Waals surface area (Å²) >= 11 is 1.28. The molecule has 4 aromatic rings. The zero-order valence-corrected chi connectivity index (χ0v) is 21.1. The molecule has 0 bridgehead atoms. The Morgan fingerprint density at radius 2 is 2.00 bits per heavy atom. The Hall–Kier alpha value is -4.11. The molecule has 5 rings (SSSR count). The highest BCUT2D eigenvalue weighted by atomic mass is 32.1. The van der Waals surface area contributed by atoms with Gasteiger partial charge in [0.2, 0.25) is 0 Å². The van der Waals surface area contributed by atoms with Crippen molar-refractivity contribution < 1.29 is 19.0 Å². The van der Waals surface area contributed by atoms with Crippen LogP contribution in [0, 0.1) is 0 Å². The molecule has 2 aromatic carbocycles. The second kappa shape index (κ2) is 9.50. The van der Waals surface area contributed by atoms with E-state index in [-0.39, 0.29) is 12.2 Å². The molecule has 1 aliphatic rings. The average molecular weight is 504 g/mol. The fraction of sp³-hybridized carbons (Fsp3) is 0.222. The van der Waals surface area contributed by atoms with Gasteiger partial charge in [-0.3, -0.25) is 9.36 Å². The summed E-state index contributed by atoms with van der Waals surface area (Å²) in [7, 11) is 3.11. The minimum Gasteiger partial charge on any atom is -0.497 e. The van der Waals surface area contributed by atoms with Crippen molar-refractivity contribution in [1.29, 1.82) is 0 Å². The number of fused-ring (bicyclic) bond motifs is 2. The number of methoxy groups -OCH3 is 2. The molecule has 8 nitrogen and oxygen atoms in total. The van der Waals surface area contributed by atoms with Gasteiger partial charge in [-0.05, 0) is 38.1 Å². The maximum absolute atomic E-state index is 13.8. The molecule has 36 heavy (non-hydrogen) atoms. The summed E-state index contributed by atoms with van der Waals surface area (Å²) < 4.78 is 18.4. The number of aromatic nitrogens is 2. The fourth-order valence-electron chi connectivity index (χ4n) is 4.48. The SMILES string of the molecule is CCOC(=O)C1=C(C)N=c2s/c(=C/c3c[nH]c4ccccc34)c(=O)n2[C@@H]1c1ccc(OC)cc1OC. The van der Waals surface area contributed by atoms with Crippen molar-refractivity contribution in [2.75, 3.05) is 20.8 Å². The lowest BCUT2D eigenvalue weighted by Gasteiger charge is -2.26. The number of nitrogens with zero attached hydrogens (tertiary/aromatic N) is 2. The number of benzene rings is 2. The van der Waals surface area contributed by atoms with Crippen molar-refractivity contribution in [3.05, 3.63) is 90.7 Å². The van der Waals surface area contributed by atoms with E-state index in [1.165, 1.54) is 11.3 Å². The van der Waals surface area contributed by atoms with E-state index < -0.39 is 12.0 Å². The molecule has 1 aliphatic heterocycles. The fourth-order valence-corrected chi connectivity index (χ4v) is 5.52. The van der Waals surface area contributed by atoms with Gasteiger partial charge in [-0.1, -0.05) is 29.5 Å². The maximum Gasteiger partial charge on any atom is 0.338 e. The van der Waals surface area contributed by atoms with Crippen LogP contribution in [-0.2, 0) is 9.53 Å². The minimum atomic E-state index is -0.772. The molecule has 0 fully saturated rings. The second-order valence-corrected chi connectivity index (χ2v) is 9.21. The van der Waals surface area contributed by atoms with Gasteiger partial charge >= 0.3 is 5.97 Å². The van der Waals surface area contributed by atoms with Gasteiger partial charge < -0.3 is 19.2 Å². The molecule has 0 spiro atoms. The highest BCUT2D eigenvalue weighted by Gasteiger charge is 2.35. The van der Waals surface area contributed by atoms with Crippen LogP contribution in [0.25, 0.3) is 17.0 Å². The number of thiazole rings is 1. The number of ether oxygens (including phenoxy) is 3. The van der Waals surface area contributed by atoms with Gasteiger partial charge in [0.05, 0.1) is 36.6 Å². The highest BCUT2D eigenvalue weighted by Crippen LogP contribution is 2.37. The van der Waals surface area contributed by atoms with Gasteiger partial charge in [0.25, 0.3) is 5.56 Å². The maximum atomic E-state index is 13.8. The van der Waals surface area contributed by atoms with Crippen molar-refractivity contribution in [3.63, 3.8) is 0 Å². The Labute approximate surface area is 210 Å². The number of para-hydroxylation sites is 1. The van der Waals surface area contributed by atoms with Crippen LogP contribution < -0.4 is 24.4 Å². The lowest BCUT2D eigenvalue weighted by Crippen LogP contribution is -2.40. The summed E-state index contributed by atoms with van der Waals surface area (Å²) in [4.78, 5) is 35.3. The van der Waals surface area contributed by atoms with Crippen molar-refractivity contribution in [1.82, 2.24) is 9.55 Å². The molecule has 0 radical (unpaired) electrons. The zero-order valence-electron chi connectivity index (χ0n) is 20.3. The van der Waals surface area contributed by atoms with E-state index >= 15 is 0 Å². The number of aromatic amines is 1. The third kappa shape index (κ3) is 3.91. The van der Waals surface area contributed by atoms with E-state index in [1.54, 1.807) is 50.8 Å². The number of nitrogens with one attached hydrogen (secondary N) is 1. The first-order chi connectivity index (χ1) is 17.5. The molecule has 0 saturated heterocycles. The van der Waals surface area contributed by atoms with E-state index in [4.69, 9.17) is 14.2 Å². The zero-order chi connectivity index (χ0) is 25.4. The number of hydrogen-bond acceptors (Lipinski definition) is 7. The van der Waals surface area contributed by atoms with E-state index in [0.29, 0.717) is 37.7 Å². The number of esters is 1. The average Bonchev–Trinajstić information content (AvgIpc) is 3.43. The van der Waals surface area contributed by atoms with Crippen LogP contribution in [0.2, 0.25) is 0 Å². The Balaban J connectivity index is 1.77. The summed E-state index contributed by atoms with van der Waals surface area (Å²) in [5.41, 5.74) is 3.06. The van der Waals surface area contributed by atoms with Crippen LogP contribution in [0.1, 0.15) is 31.0 Å². The molecule has 0 saturated carbocycles. The summed E-state index contributed by atoms with van der Waals surface area (Å²) in [6.45, 7) is 3.70. The lowest BCUT2D eigenvalue weighted by atomic mass is 9.95. The van der Waals surface area contributed by atoms with Crippen LogP contribution in [0.5, 0.6) is 11.5 Å². The van der Waals surface area contributed by atoms with Crippen LogP contribution in [0.4, 0.5) is 0 Å². The first-order valence-corrected chi connectivity index (χ1v) is 12.3. The number of allylic oxidation sites excluding steroid dienone is 1. The molecular weight excluding hydrogens is 478 g/mol. The third-order valence-electron chi connectivity index (χ3n) is 6.16. The molecule has 2 aromatic heterocycles. The molecule has 0 unspecified atom stereocenters. The molecule has 9 heteroatoms. The topological polar surface area (TPSA) is 94.9 Å². The first kappa shape index (κ1) is 23.6. The quantitative estimate of drug-likeness (QED) is 0.408. The van der Waals surface area contributed by atoms with Gasteiger partial charge in [0, 0.05) is 34.3 Å². The monoisotopic (exact) mass is 503 g/mol. The summed E-state index contributed by atoms with van der Waals surface area (Å²) in [6.07, 6.45) is 3.73. The largest absolute Gasteiger partial charge is 0.497 e. The van der Waals surface area contributed by atoms with Gasteiger partial charge in [-0.2, -0.15) is 0 Å². The van der Waals surface area contributed by atoms with E-state index in [9.17, 15) is 9.59 Å². The number of carbonyl (C=O) groups is 1. The van der Waals surface area contributed by atoms with Gasteiger partial charge in [-0.15, -0.1) is 0 Å². The predicted octanol–water partition coefficient (Wildman–Crippen LogP) is 3.30. The normalized spacial score (nSPS) is 15.6. The van der Waals surface area contributed by atoms with E-state index in [0.717, 1.165) is 16.5 Å². The molecule has 1 N–H and O–H groups in total. The van der Waals surface area contributed by atoms with Crippen LogP contribution in [0.3, 0.4) is 0 Å². The van der Waals surface area contributed by atoms with Gasteiger partial charge in [0.1, 0.15) is 17.5 Å². The van der Waals surface area contributed by atoms with E-state index in [2.05, 4.69) is 9.98 Å². The van der Waals surface area contributed by atoms with Crippen molar-refractivity contribution in [3.8, 4) is 11.5 Å². The molecule has 0 amide bonds. The Bertz CT molecular complexity index is 1690. The predicted molar refractivity (Wildman–Crippen MR) is 138 cm³/mol. The van der Waals surface area contributed by atoms with Gasteiger partial charge in [0.15, 0.2) is 4.80 Å². The number of H-pyrrole nitrogens is 1. The molecular formula is C27H25N3O5S. The number of hydrogen-bond donors (Lipinski definition) is 1. The Kier molecular flexibility index (Phi) is 6.24. The molecule has 0 aliphatic carbocycles.